The molecule has 0 rings (SSSR count). The number of hydrogen-bond donors (Lipinski definition) is 2. The SMILES string of the molecule is C[N+](C)(C)CCOP(N)(N)=O. The summed E-state index contributed by atoms with van der Waals surface area (Å²) in [4.78, 5) is 0. The van der Waals surface area contributed by atoms with Crippen LogP contribution in [0.25, 0.3) is 0 Å². The van der Waals surface area contributed by atoms with E-state index in [4.69, 9.17) is 15.5 Å². The summed E-state index contributed by atoms with van der Waals surface area (Å²) in [7, 11) is 2.74. The average Bonchev–Trinajstić information content (AvgIpc) is 1.55. The monoisotopic (exact) mass is 182 g/mol. The van der Waals surface area contributed by atoms with Crippen molar-refractivity contribution in [2.45, 2.75) is 0 Å². The van der Waals surface area contributed by atoms with Gasteiger partial charge < -0.3 is 9.01 Å². The summed E-state index contributed by atoms with van der Waals surface area (Å²) in [5.74, 6) is 0. The van der Waals surface area contributed by atoms with E-state index in [1.807, 2.05) is 21.1 Å². The van der Waals surface area contributed by atoms with Gasteiger partial charge in [0.05, 0.1) is 21.1 Å². The Hall–Kier alpha value is 0.0700. The predicted molar refractivity (Wildman–Crippen MR) is 44.8 cm³/mol. The van der Waals surface area contributed by atoms with Crippen LogP contribution >= 0.6 is 7.67 Å². The van der Waals surface area contributed by atoms with Gasteiger partial charge in [0.15, 0.2) is 0 Å². The first kappa shape index (κ1) is 11.1. The molecule has 0 aliphatic heterocycles. The maximum atomic E-state index is 10.6. The maximum Gasteiger partial charge on any atom is 0.335 e. The van der Waals surface area contributed by atoms with Crippen LogP contribution < -0.4 is 11.0 Å². The minimum absolute atomic E-state index is 0.327. The second-order valence-corrected chi connectivity index (χ2v) is 5.04. The molecule has 0 radical (unpaired) electrons. The molecule has 0 atom stereocenters. The van der Waals surface area contributed by atoms with Gasteiger partial charge in [0.2, 0.25) is 0 Å². The molecule has 0 aromatic rings. The first-order chi connectivity index (χ1) is 4.71. The van der Waals surface area contributed by atoms with E-state index in [1.54, 1.807) is 0 Å². The molecule has 68 valence electrons. The van der Waals surface area contributed by atoms with Crippen LogP contribution in [0, 0.1) is 0 Å². The van der Waals surface area contributed by atoms with Gasteiger partial charge in [0.1, 0.15) is 13.2 Å². The molecule has 0 amide bonds. The van der Waals surface area contributed by atoms with Crippen LogP contribution in [0.1, 0.15) is 0 Å². The van der Waals surface area contributed by atoms with Gasteiger partial charge in [0, 0.05) is 0 Å². The smallest absolute Gasteiger partial charge is 0.329 e. The van der Waals surface area contributed by atoms with Crippen molar-refractivity contribution in [2.24, 2.45) is 11.0 Å². The van der Waals surface area contributed by atoms with Crippen molar-refractivity contribution in [3.8, 4) is 0 Å². The van der Waals surface area contributed by atoms with Crippen LogP contribution in [0.15, 0.2) is 0 Å². The highest BCUT2D eigenvalue weighted by Crippen LogP contribution is 2.25. The molecule has 6 heteroatoms. The number of quaternary nitrogens is 1. The highest BCUT2D eigenvalue weighted by molar-refractivity contribution is 7.53. The molecule has 0 unspecified atom stereocenters. The number of rotatable bonds is 4. The Bertz CT molecular complexity index is 160. The summed E-state index contributed by atoms with van der Waals surface area (Å²) in [6, 6.07) is 0. The molecule has 0 aliphatic carbocycles. The molecule has 0 heterocycles. The van der Waals surface area contributed by atoms with Gasteiger partial charge in [-0.1, -0.05) is 0 Å². The van der Waals surface area contributed by atoms with Gasteiger partial charge in [-0.15, -0.1) is 0 Å². The molecule has 0 aliphatic rings. The Morgan fingerprint density at radius 2 is 1.82 bits per heavy atom. The normalized spacial score (nSPS) is 13.5. The van der Waals surface area contributed by atoms with Crippen LogP contribution in [0.5, 0.6) is 0 Å². The zero-order valence-corrected chi connectivity index (χ0v) is 8.17. The summed E-state index contributed by atoms with van der Waals surface area (Å²) >= 11 is 0. The summed E-state index contributed by atoms with van der Waals surface area (Å²) in [5, 5.41) is 0. The van der Waals surface area contributed by atoms with E-state index in [0.717, 1.165) is 11.0 Å². The van der Waals surface area contributed by atoms with E-state index < -0.39 is 7.67 Å². The molecular formula is C5H17N3O2P+. The van der Waals surface area contributed by atoms with Gasteiger partial charge in [-0.2, -0.15) is 0 Å². The fourth-order valence-electron chi connectivity index (χ4n) is 0.457. The van der Waals surface area contributed by atoms with Crippen LogP contribution in [0.4, 0.5) is 0 Å². The zero-order valence-electron chi connectivity index (χ0n) is 7.28. The third-order valence-electron chi connectivity index (χ3n) is 1.06. The van der Waals surface area contributed by atoms with Crippen LogP contribution in [-0.4, -0.2) is 38.8 Å². The first-order valence-electron chi connectivity index (χ1n) is 3.33. The number of nitrogens with two attached hydrogens (primary N) is 2. The van der Waals surface area contributed by atoms with E-state index >= 15 is 0 Å². The largest absolute Gasteiger partial charge is 0.335 e. The fourth-order valence-corrected chi connectivity index (χ4v) is 0.824. The molecule has 5 nitrogen and oxygen atoms in total. The standard InChI is InChI=1S/C5H17N3O2P/c1-8(2,3)4-5-10-11(6,7)9/h4-5H2,1-3H3,(H4,6,7,9)/q+1. The van der Waals surface area contributed by atoms with Crippen molar-refractivity contribution in [3.05, 3.63) is 0 Å². The number of likely N-dealkylation sites (N-methyl/N-ethyl adjacent to an activating group) is 1. The average molecular weight is 182 g/mol. The quantitative estimate of drug-likeness (QED) is 0.463. The molecule has 0 saturated heterocycles. The van der Waals surface area contributed by atoms with E-state index in [0.29, 0.717) is 6.61 Å². The number of nitrogens with zero attached hydrogens (tertiary/aromatic N) is 1. The Morgan fingerprint density at radius 3 is 2.09 bits per heavy atom. The lowest BCUT2D eigenvalue weighted by Gasteiger charge is -2.23. The first-order valence-corrected chi connectivity index (χ1v) is 5.09. The molecule has 0 fully saturated rings. The van der Waals surface area contributed by atoms with Crippen LogP contribution in [0.2, 0.25) is 0 Å². The second kappa shape index (κ2) is 3.65. The molecule has 0 bridgehead atoms. The Morgan fingerprint density at radius 1 is 1.36 bits per heavy atom. The van der Waals surface area contributed by atoms with Crippen molar-refractivity contribution >= 4 is 7.67 Å². The molecule has 0 spiro atoms. The van der Waals surface area contributed by atoms with Crippen molar-refractivity contribution in [1.82, 2.24) is 0 Å². The highest BCUT2D eigenvalue weighted by atomic mass is 31.2. The van der Waals surface area contributed by atoms with E-state index in [1.165, 1.54) is 0 Å². The molecule has 4 N–H and O–H groups in total. The molecule has 0 aromatic heterocycles. The van der Waals surface area contributed by atoms with Gasteiger partial charge in [-0.3, -0.25) is 4.57 Å². The highest BCUT2D eigenvalue weighted by Gasteiger charge is 2.12. The van der Waals surface area contributed by atoms with Crippen molar-refractivity contribution in [2.75, 3.05) is 34.3 Å². The van der Waals surface area contributed by atoms with Gasteiger partial charge in [0.25, 0.3) is 0 Å². The number of hydrogen-bond acceptors (Lipinski definition) is 2. The van der Waals surface area contributed by atoms with Crippen molar-refractivity contribution in [3.63, 3.8) is 0 Å². The van der Waals surface area contributed by atoms with Gasteiger partial charge in [-0.05, 0) is 0 Å². The minimum Gasteiger partial charge on any atom is -0.329 e. The third kappa shape index (κ3) is 10.1. The molecule has 11 heavy (non-hydrogen) atoms. The molecular weight excluding hydrogens is 165 g/mol. The van der Waals surface area contributed by atoms with E-state index in [-0.39, 0.29) is 0 Å². The Kier molecular flexibility index (Phi) is 3.67. The zero-order chi connectivity index (χ0) is 9.12. The lowest BCUT2D eigenvalue weighted by molar-refractivity contribution is -0.870. The lowest BCUT2D eigenvalue weighted by Crippen LogP contribution is -2.37. The summed E-state index contributed by atoms with van der Waals surface area (Å²) < 4.78 is 16.1. The lowest BCUT2D eigenvalue weighted by atomic mass is 10.5. The predicted octanol–water partition coefficient (Wildman–Crippen LogP) is -0.265. The van der Waals surface area contributed by atoms with E-state index in [9.17, 15) is 4.57 Å². The van der Waals surface area contributed by atoms with Crippen LogP contribution in [-0.2, 0) is 9.09 Å². The van der Waals surface area contributed by atoms with E-state index in [2.05, 4.69) is 0 Å². The van der Waals surface area contributed by atoms with Gasteiger partial charge in [-0.25, -0.2) is 11.0 Å². The Labute approximate surface area is 67.5 Å². The fraction of sp³-hybridized carbons (Fsp3) is 1.00. The third-order valence-corrected chi connectivity index (χ3v) is 1.64. The Balaban J connectivity index is 3.52. The maximum absolute atomic E-state index is 10.6. The second-order valence-electron chi connectivity index (χ2n) is 3.49. The summed E-state index contributed by atoms with van der Waals surface area (Å²) in [5.41, 5.74) is 9.94. The molecule has 0 aromatic carbocycles. The van der Waals surface area contributed by atoms with Crippen molar-refractivity contribution in [1.29, 1.82) is 0 Å². The summed E-state index contributed by atoms with van der Waals surface area (Å²) in [6.45, 7) is 1.06. The van der Waals surface area contributed by atoms with Gasteiger partial charge >= 0.3 is 7.67 Å². The minimum atomic E-state index is -3.26. The van der Waals surface area contributed by atoms with Crippen LogP contribution in [0.3, 0.4) is 0 Å². The topological polar surface area (TPSA) is 78.3 Å². The van der Waals surface area contributed by atoms with Crippen molar-refractivity contribution < 1.29 is 13.6 Å². The molecule has 0 saturated carbocycles. The summed E-state index contributed by atoms with van der Waals surface area (Å²) in [6.07, 6.45) is 0.